The summed E-state index contributed by atoms with van der Waals surface area (Å²) in [6, 6.07) is -0.551. The van der Waals surface area contributed by atoms with Crippen LogP contribution in [-0.2, 0) is 14.3 Å². The average molecular weight is 776 g/mol. The Morgan fingerprint density at radius 1 is 0.491 bits per heavy atom. The lowest BCUT2D eigenvalue weighted by Crippen LogP contribution is -2.45. The normalized spacial score (nSPS) is 12.9. The Labute approximate surface area is 341 Å². The molecule has 0 aliphatic carbocycles. The van der Waals surface area contributed by atoms with Crippen molar-refractivity contribution in [1.82, 2.24) is 5.32 Å². The molecule has 0 spiro atoms. The average Bonchev–Trinajstić information content (AvgIpc) is 3.18. The molecule has 3 N–H and O–H groups in total. The van der Waals surface area contributed by atoms with E-state index in [1.165, 1.54) is 148 Å². The minimum Gasteiger partial charge on any atom is -0.466 e. The number of nitrogens with one attached hydrogen (secondary N) is 1. The number of esters is 1. The third-order valence-electron chi connectivity index (χ3n) is 11.0. The third kappa shape index (κ3) is 41.8. The third-order valence-corrected chi connectivity index (χ3v) is 11.0. The van der Waals surface area contributed by atoms with Gasteiger partial charge in [-0.05, 0) is 77.0 Å². The highest BCUT2D eigenvalue weighted by atomic mass is 16.5. The monoisotopic (exact) mass is 776 g/mol. The van der Waals surface area contributed by atoms with Crippen molar-refractivity contribution in [3.63, 3.8) is 0 Å². The Morgan fingerprint density at radius 3 is 1.31 bits per heavy atom. The number of aliphatic hydroxyl groups excluding tert-OH is 2. The molecule has 2 atom stereocenters. The molecule has 0 rings (SSSR count). The van der Waals surface area contributed by atoms with Gasteiger partial charge in [-0.2, -0.15) is 0 Å². The van der Waals surface area contributed by atoms with E-state index in [0.29, 0.717) is 25.9 Å². The Hall–Kier alpha value is -1.66. The summed E-state index contributed by atoms with van der Waals surface area (Å²) in [5.41, 5.74) is 0. The molecule has 324 valence electrons. The molecule has 2 unspecified atom stereocenters. The number of rotatable bonds is 44. The maximum Gasteiger partial charge on any atom is 0.305 e. The fraction of sp³-hybridized carbons (Fsp3) is 0.878. The number of allylic oxidation sites excluding steroid dienone is 4. The van der Waals surface area contributed by atoms with Crippen LogP contribution in [0.2, 0.25) is 0 Å². The molecule has 6 nitrogen and oxygen atoms in total. The predicted octanol–water partition coefficient (Wildman–Crippen LogP) is 14.0. The quantitative estimate of drug-likeness (QED) is 0.0325. The predicted molar refractivity (Wildman–Crippen MR) is 236 cm³/mol. The van der Waals surface area contributed by atoms with Crippen molar-refractivity contribution in [1.29, 1.82) is 0 Å². The van der Waals surface area contributed by atoms with E-state index in [4.69, 9.17) is 4.74 Å². The molecule has 0 aromatic heterocycles. The molecule has 0 aromatic rings. The van der Waals surface area contributed by atoms with Crippen molar-refractivity contribution in [2.45, 2.75) is 264 Å². The van der Waals surface area contributed by atoms with Gasteiger partial charge in [0.15, 0.2) is 0 Å². The van der Waals surface area contributed by atoms with Crippen molar-refractivity contribution in [2.24, 2.45) is 0 Å². The van der Waals surface area contributed by atoms with E-state index in [9.17, 15) is 19.8 Å². The Morgan fingerprint density at radius 2 is 0.855 bits per heavy atom. The van der Waals surface area contributed by atoms with Crippen molar-refractivity contribution in [2.75, 3.05) is 13.2 Å². The zero-order chi connectivity index (χ0) is 40.1. The first kappa shape index (κ1) is 53.3. The molecule has 1 amide bonds. The van der Waals surface area contributed by atoms with Crippen LogP contribution in [0.15, 0.2) is 24.3 Å². The second kappa shape index (κ2) is 45.0. The first-order valence-corrected chi connectivity index (χ1v) is 24.1. The fourth-order valence-electron chi connectivity index (χ4n) is 7.21. The number of ether oxygens (including phenoxy) is 1. The SMILES string of the molecule is CCCCCC/C=C\CCCCCCCC(=O)OCCCCCC/C=C\CCCCCCCCCC(=O)NC(CO)C(O)CCCCCCCCCCCC. The highest BCUT2D eigenvalue weighted by Gasteiger charge is 2.20. The number of aliphatic hydroxyl groups is 2. The molecule has 0 saturated heterocycles. The lowest BCUT2D eigenvalue weighted by atomic mass is 10.0. The zero-order valence-corrected chi connectivity index (χ0v) is 36.7. The molecule has 0 saturated carbocycles. The summed E-state index contributed by atoms with van der Waals surface area (Å²) in [6.45, 7) is 4.87. The molecule has 0 aliphatic heterocycles. The minimum atomic E-state index is -0.672. The van der Waals surface area contributed by atoms with Gasteiger partial charge in [-0.3, -0.25) is 9.59 Å². The van der Waals surface area contributed by atoms with Gasteiger partial charge < -0.3 is 20.3 Å². The topological polar surface area (TPSA) is 95.9 Å². The minimum absolute atomic E-state index is 0.0200. The van der Waals surface area contributed by atoms with E-state index in [-0.39, 0.29) is 18.5 Å². The Bertz CT molecular complexity index is 858. The number of hydrogen-bond donors (Lipinski definition) is 3. The maximum atomic E-state index is 12.4. The summed E-state index contributed by atoms with van der Waals surface area (Å²) in [6.07, 6.45) is 51.4. The fourth-order valence-corrected chi connectivity index (χ4v) is 7.21. The smallest absolute Gasteiger partial charge is 0.305 e. The van der Waals surface area contributed by atoms with Crippen molar-refractivity contribution in [3.05, 3.63) is 24.3 Å². The number of carbonyl (C=O) groups excluding carboxylic acids is 2. The van der Waals surface area contributed by atoms with Gasteiger partial charge in [0.25, 0.3) is 0 Å². The van der Waals surface area contributed by atoms with Gasteiger partial charge in [-0.15, -0.1) is 0 Å². The van der Waals surface area contributed by atoms with Crippen LogP contribution < -0.4 is 5.32 Å². The second-order valence-corrected chi connectivity index (χ2v) is 16.4. The van der Waals surface area contributed by atoms with Crippen LogP contribution in [0, 0.1) is 0 Å². The zero-order valence-electron chi connectivity index (χ0n) is 36.7. The first-order valence-electron chi connectivity index (χ1n) is 24.1. The molecule has 55 heavy (non-hydrogen) atoms. The standard InChI is InChI=1S/C49H93NO5/c1-3-5-7-9-11-13-15-19-23-27-31-35-39-43-49(54)55-44-40-36-32-28-24-21-18-16-17-20-22-26-30-34-38-42-48(53)50-46(45-51)47(52)41-37-33-29-25-14-12-10-8-6-4-2/h13,15,18,21,46-47,51-52H,3-12,14,16-17,19-20,22-45H2,1-2H3,(H,50,53)/b15-13-,21-18-. The summed E-state index contributed by atoms with van der Waals surface area (Å²) in [4.78, 5) is 24.4. The van der Waals surface area contributed by atoms with E-state index < -0.39 is 12.1 Å². The van der Waals surface area contributed by atoms with Crippen molar-refractivity contribution >= 4 is 11.9 Å². The molecular formula is C49H93NO5. The summed E-state index contributed by atoms with van der Waals surface area (Å²) >= 11 is 0. The maximum absolute atomic E-state index is 12.4. The van der Waals surface area contributed by atoms with Gasteiger partial charge >= 0.3 is 5.97 Å². The number of hydrogen-bond acceptors (Lipinski definition) is 5. The molecule has 0 aliphatic rings. The van der Waals surface area contributed by atoms with Crippen LogP contribution in [0.3, 0.4) is 0 Å². The molecule has 0 bridgehead atoms. The summed E-state index contributed by atoms with van der Waals surface area (Å²) in [7, 11) is 0. The molecule has 0 radical (unpaired) electrons. The number of unbranched alkanes of at least 4 members (excludes halogenated alkanes) is 29. The van der Waals surface area contributed by atoms with Gasteiger partial charge in [0.05, 0.1) is 25.4 Å². The van der Waals surface area contributed by atoms with E-state index in [0.717, 1.165) is 70.6 Å². The van der Waals surface area contributed by atoms with Crippen LogP contribution in [0.4, 0.5) is 0 Å². The number of amides is 1. The first-order chi connectivity index (χ1) is 27.0. The Balaban J connectivity index is 3.47. The summed E-state index contributed by atoms with van der Waals surface area (Å²) < 4.78 is 5.44. The van der Waals surface area contributed by atoms with Gasteiger partial charge in [0.1, 0.15) is 0 Å². The van der Waals surface area contributed by atoms with Crippen LogP contribution in [0.1, 0.15) is 251 Å². The van der Waals surface area contributed by atoms with Gasteiger partial charge in [-0.1, -0.05) is 186 Å². The van der Waals surface area contributed by atoms with Crippen LogP contribution in [0.5, 0.6) is 0 Å². The highest BCUT2D eigenvalue weighted by Crippen LogP contribution is 2.15. The largest absolute Gasteiger partial charge is 0.466 e. The van der Waals surface area contributed by atoms with Crippen LogP contribution in [0.25, 0.3) is 0 Å². The molecule has 0 fully saturated rings. The van der Waals surface area contributed by atoms with Crippen molar-refractivity contribution < 1.29 is 24.5 Å². The highest BCUT2D eigenvalue weighted by molar-refractivity contribution is 5.76. The lowest BCUT2D eigenvalue weighted by molar-refractivity contribution is -0.143. The molecule has 6 heteroatoms. The van der Waals surface area contributed by atoms with Crippen LogP contribution >= 0.6 is 0 Å². The summed E-state index contributed by atoms with van der Waals surface area (Å²) in [5.74, 6) is -0.0731. The van der Waals surface area contributed by atoms with E-state index in [1.54, 1.807) is 0 Å². The molecule has 0 heterocycles. The van der Waals surface area contributed by atoms with E-state index >= 15 is 0 Å². The molecule has 0 aromatic carbocycles. The van der Waals surface area contributed by atoms with Gasteiger partial charge in [0.2, 0.25) is 5.91 Å². The van der Waals surface area contributed by atoms with Gasteiger partial charge in [0, 0.05) is 12.8 Å². The lowest BCUT2D eigenvalue weighted by Gasteiger charge is -2.22. The van der Waals surface area contributed by atoms with E-state index in [2.05, 4.69) is 43.5 Å². The van der Waals surface area contributed by atoms with Gasteiger partial charge in [-0.25, -0.2) is 0 Å². The van der Waals surface area contributed by atoms with Crippen molar-refractivity contribution in [3.8, 4) is 0 Å². The number of carbonyl (C=O) groups is 2. The molecular weight excluding hydrogens is 683 g/mol. The van der Waals surface area contributed by atoms with Crippen LogP contribution in [-0.4, -0.2) is 47.4 Å². The van der Waals surface area contributed by atoms with E-state index in [1.807, 2.05) is 0 Å². The summed E-state index contributed by atoms with van der Waals surface area (Å²) in [5, 5.41) is 23.1. The Kier molecular flexibility index (Phi) is 43.7. The second-order valence-electron chi connectivity index (χ2n) is 16.4.